The first-order chi connectivity index (χ1) is 24.9. The van der Waals surface area contributed by atoms with Gasteiger partial charge in [-0.3, -0.25) is 19.1 Å². The molecule has 0 atom stereocenters. The van der Waals surface area contributed by atoms with Crippen LogP contribution >= 0.6 is 11.3 Å². The summed E-state index contributed by atoms with van der Waals surface area (Å²) in [5.74, 6) is -1.58. The summed E-state index contributed by atoms with van der Waals surface area (Å²) in [7, 11) is 6.67. The van der Waals surface area contributed by atoms with Crippen molar-refractivity contribution in [1.82, 2.24) is 24.3 Å². The molecule has 0 aliphatic carbocycles. The highest BCUT2D eigenvalue weighted by atomic mass is 32.1. The largest absolute Gasteiger partial charge is 0.484 e. The maximum atomic E-state index is 15.1. The van der Waals surface area contributed by atoms with Crippen LogP contribution in [-0.4, -0.2) is 85.4 Å². The Balaban J connectivity index is 1.73. The van der Waals surface area contributed by atoms with Gasteiger partial charge in [0.15, 0.2) is 6.61 Å². The Kier molecular flexibility index (Phi) is 12.2. The van der Waals surface area contributed by atoms with Crippen LogP contribution < -0.4 is 26.6 Å². The number of nitrogens with one attached hydrogen (secondary N) is 2. The molecule has 2 N–H and O–H groups in total. The van der Waals surface area contributed by atoms with Gasteiger partial charge in [0.05, 0.1) is 24.2 Å². The number of thiophene rings is 1. The number of likely N-dealkylation sites (N-methyl/N-ethyl adjacent to an activating group) is 2. The molecular formula is C37H40F2N6O6S. The summed E-state index contributed by atoms with van der Waals surface area (Å²) in [4.78, 5) is 57.4. The molecule has 0 fully saturated rings. The predicted octanol–water partition coefficient (Wildman–Crippen LogP) is 4.89. The summed E-state index contributed by atoms with van der Waals surface area (Å²) in [6, 6.07) is 16.2. The Hall–Kier alpha value is -5.38. The van der Waals surface area contributed by atoms with Crippen molar-refractivity contribution in [2.75, 3.05) is 59.9 Å². The number of ether oxygens (including phenoxy) is 2. The van der Waals surface area contributed by atoms with Gasteiger partial charge in [-0.1, -0.05) is 18.2 Å². The van der Waals surface area contributed by atoms with Crippen molar-refractivity contribution in [3.63, 3.8) is 0 Å². The minimum atomic E-state index is -0.835. The van der Waals surface area contributed by atoms with E-state index in [0.29, 0.717) is 47.1 Å². The van der Waals surface area contributed by atoms with Crippen LogP contribution in [0.15, 0.2) is 76.3 Å². The van der Waals surface area contributed by atoms with Crippen molar-refractivity contribution in [1.29, 1.82) is 0 Å². The Morgan fingerprint density at radius 3 is 2.21 bits per heavy atom. The average molecular weight is 735 g/mol. The number of methoxy groups -OCH3 is 1. The van der Waals surface area contributed by atoms with Gasteiger partial charge in [0.25, 0.3) is 11.5 Å². The SMILES string of the molecule is CCNC(=O)Nc1ccc(-c2sc3c(c2CN(C)CCOC)c(=O)n(-c2ccc(OCC(=O)N(C)C)cc2)c(=O)n3Cc2c(F)cccc2F)cc1. The molecule has 52 heavy (non-hydrogen) atoms. The summed E-state index contributed by atoms with van der Waals surface area (Å²) in [5, 5.41) is 5.65. The average Bonchev–Trinajstić information content (AvgIpc) is 3.49. The van der Waals surface area contributed by atoms with E-state index in [4.69, 9.17) is 9.47 Å². The molecule has 5 aromatic rings. The van der Waals surface area contributed by atoms with Gasteiger partial charge in [0.1, 0.15) is 22.2 Å². The lowest BCUT2D eigenvalue weighted by Crippen LogP contribution is -2.39. The second-order valence-corrected chi connectivity index (χ2v) is 13.2. The molecule has 0 saturated heterocycles. The maximum Gasteiger partial charge on any atom is 0.337 e. The lowest BCUT2D eigenvalue weighted by molar-refractivity contribution is -0.130. The standard InChI is InChI=1S/C37H40F2N6O6S/c1-6-40-36(48)41-24-12-10-23(11-13-24)33-28(20-43(4)18-19-50-5)32-34(47)45(25-14-16-26(17-15-25)51-22-31(46)42(2)3)37(49)44(35(32)52-33)21-27-29(38)8-7-9-30(27)39/h7-17H,6,18-22H2,1-5H3,(H2,40,41,48). The molecular weight excluding hydrogens is 695 g/mol. The zero-order valence-electron chi connectivity index (χ0n) is 29.5. The minimum absolute atomic E-state index is 0.193. The van der Waals surface area contributed by atoms with Gasteiger partial charge in [0, 0.05) is 57.0 Å². The lowest BCUT2D eigenvalue weighted by atomic mass is 10.1. The van der Waals surface area contributed by atoms with Gasteiger partial charge in [0.2, 0.25) is 0 Å². The van der Waals surface area contributed by atoms with Crippen LogP contribution in [0.3, 0.4) is 0 Å². The van der Waals surface area contributed by atoms with Crippen LogP contribution in [0.4, 0.5) is 19.3 Å². The fourth-order valence-corrected chi connectivity index (χ4v) is 6.77. The predicted molar refractivity (Wildman–Crippen MR) is 198 cm³/mol. The molecule has 12 nitrogen and oxygen atoms in total. The zero-order valence-corrected chi connectivity index (χ0v) is 30.3. The van der Waals surface area contributed by atoms with E-state index in [1.807, 2.05) is 18.9 Å². The first-order valence-electron chi connectivity index (χ1n) is 16.4. The summed E-state index contributed by atoms with van der Waals surface area (Å²) < 4.78 is 43.3. The summed E-state index contributed by atoms with van der Waals surface area (Å²) in [6.07, 6.45) is 0. The number of benzene rings is 3. The van der Waals surface area contributed by atoms with Crippen molar-refractivity contribution in [3.8, 4) is 21.9 Å². The quantitative estimate of drug-likeness (QED) is 0.166. The molecule has 0 unspecified atom stereocenters. The minimum Gasteiger partial charge on any atom is -0.484 e. The molecule has 2 aromatic heterocycles. The van der Waals surface area contributed by atoms with E-state index in [0.717, 1.165) is 16.7 Å². The number of aromatic nitrogens is 2. The Morgan fingerprint density at radius 2 is 1.60 bits per heavy atom. The third-order valence-electron chi connectivity index (χ3n) is 8.25. The van der Waals surface area contributed by atoms with Crippen molar-refractivity contribution in [3.05, 3.63) is 110 Å². The highest BCUT2D eigenvalue weighted by Gasteiger charge is 2.26. The van der Waals surface area contributed by atoms with Gasteiger partial charge >= 0.3 is 11.7 Å². The molecule has 3 aromatic carbocycles. The van der Waals surface area contributed by atoms with Crippen molar-refractivity contribution in [2.24, 2.45) is 0 Å². The summed E-state index contributed by atoms with van der Waals surface area (Å²) >= 11 is 1.17. The fourth-order valence-electron chi connectivity index (χ4n) is 5.46. The number of rotatable bonds is 14. The number of anilines is 1. The van der Waals surface area contributed by atoms with E-state index >= 15 is 8.78 Å². The molecule has 0 saturated carbocycles. The van der Waals surface area contributed by atoms with E-state index in [-0.39, 0.29) is 46.6 Å². The molecule has 274 valence electrons. The monoisotopic (exact) mass is 734 g/mol. The van der Waals surface area contributed by atoms with Crippen LogP contribution in [0.5, 0.6) is 5.75 Å². The highest BCUT2D eigenvalue weighted by molar-refractivity contribution is 7.22. The number of hydrogen-bond acceptors (Lipinski definition) is 8. The van der Waals surface area contributed by atoms with Crippen molar-refractivity contribution >= 4 is 39.2 Å². The zero-order chi connectivity index (χ0) is 37.5. The van der Waals surface area contributed by atoms with Crippen LogP contribution in [-0.2, 0) is 22.6 Å². The summed E-state index contributed by atoms with van der Waals surface area (Å²) in [6.45, 7) is 2.78. The first-order valence-corrected chi connectivity index (χ1v) is 17.2. The van der Waals surface area contributed by atoms with Crippen LogP contribution in [0, 0.1) is 11.6 Å². The number of halogens is 2. The van der Waals surface area contributed by atoms with Crippen molar-refractivity contribution in [2.45, 2.75) is 20.0 Å². The Morgan fingerprint density at radius 1 is 0.923 bits per heavy atom. The van der Waals surface area contributed by atoms with E-state index in [9.17, 15) is 19.2 Å². The second kappa shape index (κ2) is 16.8. The van der Waals surface area contributed by atoms with Gasteiger partial charge in [-0.2, -0.15) is 0 Å². The molecule has 0 bridgehead atoms. The van der Waals surface area contributed by atoms with E-state index in [2.05, 4.69) is 10.6 Å². The molecule has 0 aliphatic heterocycles. The molecule has 3 amide bonds. The normalized spacial score (nSPS) is 11.2. The molecule has 5 rings (SSSR count). The van der Waals surface area contributed by atoms with Gasteiger partial charge < -0.3 is 25.0 Å². The number of carbonyl (C=O) groups excluding carboxylic acids is 2. The van der Waals surface area contributed by atoms with Crippen LogP contribution in [0.2, 0.25) is 0 Å². The second-order valence-electron chi connectivity index (χ2n) is 12.2. The maximum absolute atomic E-state index is 15.1. The number of nitrogens with zero attached hydrogens (tertiary/aromatic N) is 4. The van der Waals surface area contributed by atoms with Crippen LogP contribution in [0.1, 0.15) is 18.1 Å². The number of fused-ring (bicyclic) bond motifs is 1. The molecule has 2 heterocycles. The molecule has 0 spiro atoms. The highest BCUT2D eigenvalue weighted by Crippen LogP contribution is 2.38. The Bertz CT molecular complexity index is 2160. The summed E-state index contributed by atoms with van der Waals surface area (Å²) in [5.41, 5.74) is 0.291. The number of hydrogen-bond donors (Lipinski definition) is 2. The third kappa shape index (κ3) is 8.39. The van der Waals surface area contributed by atoms with Gasteiger partial charge in [-0.05, 0) is 73.6 Å². The van der Waals surface area contributed by atoms with Crippen molar-refractivity contribution < 1.29 is 27.8 Å². The lowest BCUT2D eigenvalue weighted by Gasteiger charge is -2.18. The van der Waals surface area contributed by atoms with Gasteiger partial charge in [-0.15, -0.1) is 11.3 Å². The number of carbonyl (C=O) groups is 2. The number of amides is 3. The molecule has 0 aliphatic rings. The number of urea groups is 1. The molecule has 15 heteroatoms. The first kappa shape index (κ1) is 37.9. The van der Waals surface area contributed by atoms with Crippen LogP contribution in [0.25, 0.3) is 26.3 Å². The van der Waals surface area contributed by atoms with E-state index in [1.54, 1.807) is 45.5 Å². The van der Waals surface area contributed by atoms with E-state index < -0.39 is 29.4 Å². The smallest absolute Gasteiger partial charge is 0.337 e. The third-order valence-corrected chi connectivity index (χ3v) is 9.56. The molecule has 0 radical (unpaired) electrons. The topological polar surface area (TPSA) is 127 Å². The van der Waals surface area contributed by atoms with Gasteiger partial charge in [-0.25, -0.2) is 22.9 Å². The fraction of sp³-hybridized carbons (Fsp3) is 0.297. The Labute approximate surface area is 302 Å². The van der Waals surface area contributed by atoms with E-state index in [1.165, 1.54) is 51.1 Å².